The van der Waals surface area contributed by atoms with Crippen molar-refractivity contribution in [1.29, 1.82) is 0 Å². The van der Waals surface area contributed by atoms with E-state index in [0.29, 0.717) is 0 Å². The number of esters is 5. The van der Waals surface area contributed by atoms with Crippen LogP contribution in [0.25, 0.3) is 11.1 Å². The first-order valence-corrected chi connectivity index (χ1v) is 23.5. The molecule has 6 atom stereocenters. The van der Waals surface area contributed by atoms with Crippen molar-refractivity contribution >= 4 is 41.8 Å². The number of fused-ring (bicyclic) bond motifs is 3. The van der Waals surface area contributed by atoms with Crippen molar-refractivity contribution in [3.63, 3.8) is 0 Å². The Balaban J connectivity index is 1.11. The van der Waals surface area contributed by atoms with Crippen LogP contribution in [0.3, 0.4) is 0 Å². The molecule has 0 bridgehead atoms. The first kappa shape index (κ1) is 50.7. The van der Waals surface area contributed by atoms with Crippen LogP contribution >= 0.6 is 0 Å². The third-order valence-electron chi connectivity index (χ3n) is 11.8. The summed E-state index contributed by atoms with van der Waals surface area (Å²) in [6.45, 7) is 4.07. The molecule has 1 aliphatic carbocycles. The Morgan fingerprint density at radius 3 is 1.41 bits per heavy atom. The molecule has 1 aliphatic heterocycles. The molecular weight excluding hydrogens is 937 g/mol. The molecule has 73 heavy (non-hydrogen) atoms. The van der Waals surface area contributed by atoms with Crippen molar-refractivity contribution < 1.29 is 66.7 Å². The second-order valence-electron chi connectivity index (χ2n) is 18.1. The Morgan fingerprint density at radius 1 is 0.507 bits per heavy atom. The minimum atomic E-state index is -1.81. The summed E-state index contributed by atoms with van der Waals surface area (Å²) in [5.41, 5.74) is 3.20. The summed E-state index contributed by atoms with van der Waals surface area (Å²) in [6.07, 6.45) is -10.4. The molecular formula is C57H52N2O14. The Morgan fingerprint density at radius 2 is 0.932 bits per heavy atom. The average molecular weight is 989 g/mol. The number of rotatable bonds is 16. The van der Waals surface area contributed by atoms with Crippen LogP contribution in [0.2, 0.25) is 0 Å². The van der Waals surface area contributed by atoms with E-state index in [1.807, 2.05) is 48.5 Å². The first-order chi connectivity index (χ1) is 35.2. The lowest BCUT2D eigenvalue weighted by Gasteiger charge is -2.44. The SMILES string of the molecule is CC(C)(C)OC(=O)[C@H](CC(=O)N[C@@H]1O[C@H](COC(=O)c2ccccc2)[C@@H](OC(=O)c2ccccc2)[C@H](OC(=O)c2ccccc2)[C@@H]1OC(=O)c1ccccc1)NC(=O)OCC1c2ccccc2-c2ccccc21. The average Bonchev–Trinajstić information content (AvgIpc) is 3.72. The van der Waals surface area contributed by atoms with Gasteiger partial charge in [-0.25, -0.2) is 28.8 Å². The summed E-state index contributed by atoms with van der Waals surface area (Å²) >= 11 is 0. The monoisotopic (exact) mass is 988 g/mol. The Hall–Kier alpha value is -8.63. The molecule has 16 nitrogen and oxygen atoms in total. The van der Waals surface area contributed by atoms with E-state index < -0.39 is 97.2 Å². The van der Waals surface area contributed by atoms with E-state index in [4.69, 9.17) is 33.2 Å². The van der Waals surface area contributed by atoms with Gasteiger partial charge in [0.25, 0.3) is 0 Å². The van der Waals surface area contributed by atoms with Crippen molar-refractivity contribution in [3.8, 4) is 11.1 Å². The largest absolute Gasteiger partial charge is 0.459 e. The summed E-state index contributed by atoms with van der Waals surface area (Å²) in [6, 6.07) is 45.3. The van der Waals surface area contributed by atoms with Gasteiger partial charge in [-0.3, -0.25) is 4.79 Å². The molecule has 1 saturated heterocycles. The molecule has 0 saturated carbocycles. The molecule has 2 amide bonds. The smallest absolute Gasteiger partial charge is 0.407 e. The lowest BCUT2D eigenvalue weighted by Crippen LogP contribution is -2.66. The van der Waals surface area contributed by atoms with Crippen LogP contribution in [-0.2, 0) is 42.7 Å². The predicted molar refractivity (Wildman–Crippen MR) is 263 cm³/mol. The highest BCUT2D eigenvalue weighted by molar-refractivity contribution is 5.92. The van der Waals surface area contributed by atoms with Gasteiger partial charge >= 0.3 is 35.9 Å². The van der Waals surface area contributed by atoms with Gasteiger partial charge in [-0.2, -0.15) is 0 Å². The van der Waals surface area contributed by atoms with Crippen molar-refractivity contribution in [2.24, 2.45) is 0 Å². The van der Waals surface area contributed by atoms with Crippen LogP contribution in [0, 0.1) is 0 Å². The van der Waals surface area contributed by atoms with E-state index in [1.54, 1.807) is 93.6 Å². The minimum absolute atomic E-state index is 0.0507. The zero-order valence-electron chi connectivity index (χ0n) is 40.0. The van der Waals surface area contributed by atoms with Gasteiger partial charge < -0.3 is 43.8 Å². The molecule has 2 aliphatic rings. The summed E-state index contributed by atoms with van der Waals surface area (Å²) in [4.78, 5) is 97.4. The molecule has 1 fully saturated rings. The van der Waals surface area contributed by atoms with Gasteiger partial charge in [-0.15, -0.1) is 0 Å². The van der Waals surface area contributed by atoms with Gasteiger partial charge in [-0.05, 0) is 91.6 Å². The van der Waals surface area contributed by atoms with E-state index in [1.165, 1.54) is 48.5 Å². The van der Waals surface area contributed by atoms with Gasteiger partial charge in [0.1, 0.15) is 31.0 Å². The highest BCUT2D eigenvalue weighted by Gasteiger charge is 2.54. The van der Waals surface area contributed by atoms with Crippen LogP contribution in [0.15, 0.2) is 170 Å². The summed E-state index contributed by atoms with van der Waals surface area (Å²) in [5.74, 6) is -5.89. The zero-order chi connectivity index (χ0) is 51.5. The number of benzene rings is 6. The van der Waals surface area contributed by atoms with E-state index in [-0.39, 0.29) is 34.8 Å². The first-order valence-electron chi connectivity index (χ1n) is 23.5. The van der Waals surface area contributed by atoms with Crippen LogP contribution in [-0.4, -0.2) is 97.3 Å². The van der Waals surface area contributed by atoms with Gasteiger partial charge in [0, 0.05) is 5.92 Å². The van der Waals surface area contributed by atoms with Crippen molar-refractivity contribution in [3.05, 3.63) is 203 Å². The summed E-state index contributed by atoms with van der Waals surface area (Å²) < 4.78 is 41.8. The third-order valence-corrected chi connectivity index (χ3v) is 11.8. The zero-order valence-corrected chi connectivity index (χ0v) is 40.0. The lowest BCUT2D eigenvalue weighted by atomic mass is 9.96. The molecule has 16 heteroatoms. The quantitative estimate of drug-likeness (QED) is 0.0696. The molecule has 6 aromatic rings. The number of carbonyl (C=O) groups excluding carboxylic acids is 7. The Labute approximate surface area is 420 Å². The standard InChI is InChI=1S/C57H52N2O14/c1-57(2,3)73-55(65)44(58-56(66)68-33-43-41-30-18-16-28-39(41)40-29-17-19-31-42(40)43)32-46(60)59-50-49(72-54(64)38-26-14-7-15-27-38)48(71-53(63)37-24-12-6-13-25-37)47(70-52(62)36-22-10-5-11-23-36)45(69-50)34-67-51(61)35-20-8-4-9-21-35/h4-31,43-45,47-50H,32-34H2,1-3H3,(H,58,66)(H,59,60)/t44-,45+,47+,48-,49-,50+/m0/s1. The topological polar surface area (TPSA) is 208 Å². The van der Waals surface area contributed by atoms with Crippen LogP contribution in [0.5, 0.6) is 0 Å². The summed E-state index contributed by atoms with van der Waals surface area (Å²) in [7, 11) is 0. The number of alkyl carbamates (subject to hydrolysis) is 1. The maximum absolute atomic E-state index is 14.5. The number of amides is 2. The number of hydrogen-bond donors (Lipinski definition) is 2. The van der Waals surface area contributed by atoms with Crippen molar-refractivity contribution in [2.45, 2.75) is 75.4 Å². The third kappa shape index (κ3) is 12.8. The Kier molecular flexibility index (Phi) is 16.0. The fraction of sp³-hybridized carbons (Fsp3) is 0.246. The number of carbonyl (C=O) groups is 7. The molecule has 6 aromatic carbocycles. The summed E-state index contributed by atoms with van der Waals surface area (Å²) in [5, 5.41) is 5.12. The van der Waals surface area contributed by atoms with Gasteiger partial charge in [0.15, 0.2) is 24.5 Å². The molecule has 374 valence electrons. The molecule has 0 unspecified atom stereocenters. The fourth-order valence-electron chi connectivity index (χ4n) is 8.43. The second-order valence-corrected chi connectivity index (χ2v) is 18.1. The van der Waals surface area contributed by atoms with E-state index in [9.17, 15) is 33.6 Å². The highest BCUT2D eigenvalue weighted by Crippen LogP contribution is 2.44. The van der Waals surface area contributed by atoms with E-state index in [0.717, 1.165) is 22.3 Å². The molecule has 0 spiro atoms. The van der Waals surface area contributed by atoms with Crippen LogP contribution in [0.4, 0.5) is 4.79 Å². The molecule has 8 rings (SSSR count). The predicted octanol–water partition coefficient (Wildman–Crippen LogP) is 8.00. The number of nitrogens with one attached hydrogen (secondary N) is 2. The number of ether oxygens (including phenoxy) is 7. The molecule has 0 aromatic heterocycles. The van der Waals surface area contributed by atoms with Crippen LogP contribution < -0.4 is 10.6 Å². The lowest BCUT2D eigenvalue weighted by molar-refractivity contribution is -0.235. The van der Waals surface area contributed by atoms with Crippen molar-refractivity contribution in [1.82, 2.24) is 10.6 Å². The van der Waals surface area contributed by atoms with Crippen LogP contribution in [0.1, 0.15) is 85.7 Å². The molecule has 1 heterocycles. The number of hydrogen-bond acceptors (Lipinski definition) is 14. The van der Waals surface area contributed by atoms with E-state index >= 15 is 0 Å². The molecule has 0 radical (unpaired) electrons. The fourth-order valence-corrected chi connectivity index (χ4v) is 8.43. The normalized spacial score (nSPS) is 18.3. The second kappa shape index (κ2) is 23.1. The minimum Gasteiger partial charge on any atom is -0.459 e. The highest BCUT2D eigenvalue weighted by atomic mass is 16.7. The molecule has 2 N–H and O–H groups in total. The van der Waals surface area contributed by atoms with E-state index in [2.05, 4.69) is 10.6 Å². The van der Waals surface area contributed by atoms with Gasteiger partial charge in [0.2, 0.25) is 5.91 Å². The maximum atomic E-state index is 14.5. The Bertz CT molecular complexity index is 2880. The van der Waals surface area contributed by atoms with Gasteiger partial charge in [0.05, 0.1) is 28.7 Å². The van der Waals surface area contributed by atoms with Crippen molar-refractivity contribution in [2.75, 3.05) is 13.2 Å². The van der Waals surface area contributed by atoms with Gasteiger partial charge in [-0.1, -0.05) is 121 Å². The maximum Gasteiger partial charge on any atom is 0.407 e.